The maximum absolute atomic E-state index is 13.5. The minimum Gasteiger partial charge on any atom is -0.465 e. The van der Waals surface area contributed by atoms with E-state index in [1.165, 1.54) is 13.8 Å². The van der Waals surface area contributed by atoms with E-state index in [2.05, 4.69) is 15.4 Å². The Balaban J connectivity index is 1.99. The Kier molecular flexibility index (Phi) is 17.6. The lowest BCUT2D eigenvalue weighted by Crippen LogP contribution is -2.51. The fraction of sp³-hybridized carbons (Fsp3) is 0.861. The molecular weight excluding hydrogens is 694 g/mol. The van der Waals surface area contributed by atoms with Crippen LogP contribution < -0.4 is 15.4 Å². The van der Waals surface area contributed by atoms with Crippen molar-refractivity contribution in [3.05, 3.63) is 0 Å². The zero-order valence-electron chi connectivity index (χ0n) is 32.9. The number of carbonyl (C=O) groups is 5. The zero-order valence-corrected chi connectivity index (χ0v) is 33.7. The summed E-state index contributed by atoms with van der Waals surface area (Å²) in [6.07, 6.45) is 5.41. The van der Waals surface area contributed by atoms with Crippen molar-refractivity contribution in [2.75, 3.05) is 45.9 Å². The second-order valence-electron chi connectivity index (χ2n) is 16.2. The summed E-state index contributed by atoms with van der Waals surface area (Å²) in [7, 11) is -3.83. The Bertz CT molecular complexity index is 1240. The number of ether oxygens (including phenoxy) is 3. The van der Waals surface area contributed by atoms with Crippen molar-refractivity contribution >= 4 is 40.0 Å². The second kappa shape index (κ2) is 20.4. The number of sulfonamides is 1. The van der Waals surface area contributed by atoms with Crippen molar-refractivity contribution in [1.82, 2.24) is 25.2 Å². The first-order chi connectivity index (χ1) is 24.1. The van der Waals surface area contributed by atoms with Crippen LogP contribution in [0, 0.1) is 17.8 Å². The maximum Gasteiger partial charge on any atom is 0.410 e. The fourth-order valence-electron chi connectivity index (χ4n) is 6.08. The van der Waals surface area contributed by atoms with Crippen molar-refractivity contribution in [1.29, 1.82) is 0 Å². The highest BCUT2D eigenvalue weighted by Gasteiger charge is 2.31. The van der Waals surface area contributed by atoms with Gasteiger partial charge in [-0.2, -0.15) is 4.72 Å². The van der Waals surface area contributed by atoms with Gasteiger partial charge in [0.15, 0.2) is 0 Å². The number of likely N-dealkylation sites (tertiary alicyclic amines) is 2. The van der Waals surface area contributed by atoms with Gasteiger partial charge in [-0.05, 0) is 126 Å². The average Bonchev–Trinajstić information content (AvgIpc) is 3.04. The van der Waals surface area contributed by atoms with Crippen molar-refractivity contribution in [3.8, 4) is 0 Å². The number of hydrogen-bond acceptors (Lipinski definition) is 10. The summed E-state index contributed by atoms with van der Waals surface area (Å²) >= 11 is 0. The van der Waals surface area contributed by atoms with Crippen LogP contribution in [0.5, 0.6) is 0 Å². The molecule has 1 atom stereocenters. The van der Waals surface area contributed by atoms with Gasteiger partial charge in [0.25, 0.3) is 0 Å². The van der Waals surface area contributed by atoms with Gasteiger partial charge in [-0.1, -0.05) is 0 Å². The molecule has 1 unspecified atom stereocenters. The quantitative estimate of drug-likeness (QED) is 0.154. The molecule has 300 valence electrons. The molecule has 3 N–H and O–H groups in total. The summed E-state index contributed by atoms with van der Waals surface area (Å²) in [6, 6.07) is -1.32. The molecule has 2 aliphatic rings. The van der Waals surface area contributed by atoms with Crippen LogP contribution in [-0.2, 0) is 38.6 Å². The summed E-state index contributed by atoms with van der Waals surface area (Å²) in [5.74, 6) is -1.33. The Morgan fingerprint density at radius 2 is 1.19 bits per heavy atom. The molecule has 0 aromatic carbocycles. The number of esters is 1. The van der Waals surface area contributed by atoms with E-state index in [1.807, 2.05) is 41.5 Å². The van der Waals surface area contributed by atoms with Gasteiger partial charge in [0.1, 0.15) is 17.2 Å². The number of nitrogens with zero attached hydrogens (tertiary/aromatic N) is 2. The first-order valence-electron chi connectivity index (χ1n) is 18.8. The van der Waals surface area contributed by atoms with Crippen molar-refractivity contribution in [2.45, 2.75) is 136 Å². The topological polar surface area (TPSA) is 190 Å². The number of nitrogens with one attached hydrogen (secondary N) is 3. The summed E-state index contributed by atoms with van der Waals surface area (Å²) in [5, 5.41) is 4.48. The molecule has 0 radical (unpaired) electrons. The van der Waals surface area contributed by atoms with Crippen molar-refractivity contribution in [2.24, 2.45) is 17.8 Å². The molecule has 0 spiro atoms. The summed E-state index contributed by atoms with van der Waals surface area (Å²) in [4.78, 5) is 67.2. The van der Waals surface area contributed by atoms with Gasteiger partial charge in [0, 0.05) is 38.6 Å². The smallest absolute Gasteiger partial charge is 0.410 e. The predicted molar refractivity (Wildman–Crippen MR) is 197 cm³/mol. The summed E-state index contributed by atoms with van der Waals surface area (Å²) < 4.78 is 43.1. The molecule has 52 heavy (non-hydrogen) atoms. The van der Waals surface area contributed by atoms with Crippen LogP contribution in [0.4, 0.5) is 9.59 Å². The van der Waals surface area contributed by atoms with E-state index in [1.54, 1.807) is 16.7 Å². The average molecular weight is 760 g/mol. The zero-order chi connectivity index (χ0) is 39.3. The molecule has 0 aliphatic carbocycles. The Hall–Kier alpha value is -3.14. The molecule has 0 aromatic heterocycles. The largest absolute Gasteiger partial charge is 0.465 e. The van der Waals surface area contributed by atoms with Crippen LogP contribution in [0.1, 0.15) is 114 Å². The minimum atomic E-state index is -3.83. The molecule has 15 nitrogen and oxygen atoms in total. The van der Waals surface area contributed by atoms with E-state index in [9.17, 15) is 32.4 Å². The van der Waals surface area contributed by atoms with Gasteiger partial charge in [-0.15, -0.1) is 0 Å². The SMILES string of the molecule is CCOC(=O)C(CNC(=O)CNC(=O)C(CCC1CCN(C(=O)OC(C)(C)C)CC1)CCC1CCN(C(=O)OC(C)(C)C)CC1)NS(=O)(=O)C(C)C. The Labute approximate surface area is 311 Å². The maximum atomic E-state index is 13.5. The van der Waals surface area contributed by atoms with Gasteiger partial charge in [0.2, 0.25) is 21.8 Å². The normalized spacial score (nSPS) is 17.1. The highest BCUT2D eigenvalue weighted by molar-refractivity contribution is 7.90. The van der Waals surface area contributed by atoms with E-state index in [4.69, 9.17) is 14.2 Å². The van der Waals surface area contributed by atoms with E-state index >= 15 is 0 Å². The summed E-state index contributed by atoms with van der Waals surface area (Å²) in [5.41, 5.74) is -1.13. The Morgan fingerprint density at radius 3 is 1.58 bits per heavy atom. The number of rotatable bonds is 16. The number of hydrogen-bond donors (Lipinski definition) is 3. The van der Waals surface area contributed by atoms with E-state index < -0.39 is 44.4 Å². The molecule has 0 saturated carbocycles. The third-order valence-corrected chi connectivity index (χ3v) is 11.0. The number of amides is 4. The molecule has 0 aromatic rings. The molecule has 0 bridgehead atoms. The fourth-order valence-corrected chi connectivity index (χ4v) is 6.93. The van der Waals surface area contributed by atoms with Crippen LogP contribution in [0.25, 0.3) is 0 Å². The first-order valence-corrected chi connectivity index (χ1v) is 20.3. The third-order valence-electron chi connectivity index (χ3n) is 9.17. The highest BCUT2D eigenvalue weighted by Crippen LogP contribution is 2.30. The van der Waals surface area contributed by atoms with Crippen molar-refractivity contribution < 1.29 is 46.6 Å². The van der Waals surface area contributed by atoms with E-state index in [-0.39, 0.29) is 43.7 Å². The van der Waals surface area contributed by atoms with Gasteiger partial charge in [0.05, 0.1) is 18.4 Å². The van der Waals surface area contributed by atoms with E-state index in [0.717, 1.165) is 38.5 Å². The van der Waals surface area contributed by atoms with Crippen LogP contribution in [0.3, 0.4) is 0 Å². The van der Waals surface area contributed by atoms with Gasteiger partial charge >= 0.3 is 18.2 Å². The third kappa shape index (κ3) is 16.7. The Morgan fingerprint density at radius 1 is 0.750 bits per heavy atom. The monoisotopic (exact) mass is 759 g/mol. The molecular formula is C36H65N5O10S. The predicted octanol–water partition coefficient (Wildman–Crippen LogP) is 3.95. The van der Waals surface area contributed by atoms with Crippen LogP contribution in [0.15, 0.2) is 0 Å². The summed E-state index contributed by atoms with van der Waals surface area (Å²) in [6.45, 7) is 17.3. The number of carbonyl (C=O) groups excluding carboxylic acids is 5. The molecule has 2 saturated heterocycles. The molecule has 2 aliphatic heterocycles. The van der Waals surface area contributed by atoms with Crippen LogP contribution >= 0.6 is 0 Å². The van der Waals surface area contributed by atoms with Gasteiger partial charge < -0.3 is 34.6 Å². The minimum absolute atomic E-state index is 0.0375. The number of piperidine rings is 2. The van der Waals surface area contributed by atoms with Crippen molar-refractivity contribution in [3.63, 3.8) is 0 Å². The first kappa shape index (κ1) is 45.0. The van der Waals surface area contributed by atoms with Crippen LogP contribution in [0.2, 0.25) is 0 Å². The molecule has 2 heterocycles. The molecule has 2 rings (SSSR count). The van der Waals surface area contributed by atoms with E-state index in [0.29, 0.717) is 50.9 Å². The van der Waals surface area contributed by atoms with Gasteiger partial charge in [-0.25, -0.2) is 18.0 Å². The standard InChI is InChI=1S/C36H65N5O10S/c1-10-49-32(44)29(39-52(47,48)25(2)3)23-37-30(42)24-38-31(43)28(13-11-26-15-19-40(20-16-26)33(45)50-35(4,5)6)14-12-27-17-21-41(22-18-27)34(46)51-36(7,8)9/h25-29,39H,10-24H2,1-9H3,(H,37,42)(H,38,43). The highest BCUT2D eigenvalue weighted by atomic mass is 32.2. The molecule has 4 amide bonds. The lowest BCUT2D eigenvalue weighted by molar-refractivity contribution is -0.145. The van der Waals surface area contributed by atoms with Crippen LogP contribution in [-0.4, -0.2) is 117 Å². The lowest BCUT2D eigenvalue weighted by atomic mass is 9.84. The van der Waals surface area contributed by atoms with Gasteiger partial charge in [-0.3, -0.25) is 14.4 Å². The lowest BCUT2D eigenvalue weighted by Gasteiger charge is -2.34. The molecule has 2 fully saturated rings. The molecule has 16 heteroatoms. The second-order valence-corrected chi connectivity index (χ2v) is 18.5.